The number of carbonyl (C=O) groups excluding carboxylic acids is 1. The van der Waals surface area contributed by atoms with E-state index in [1.807, 2.05) is 36.9 Å². The van der Waals surface area contributed by atoms with Gasteiger partial charge in [-0.25, -0.2) is 0 Å². The molecule has 1 aromatic heterocycles. The van der Waals surface area contributed by atoms with Crippen LogP contribution in [0.5, 0.6) is 16.7 Å². The number of benzene rings is 1. The molecule has 1 aliphatic heterocycles. The average Bonchev–Trinajstić information content (AvgIpc) is 3.34. The van der Waals surface area contributed by atoms with Crippen LogP contribution in [-0.4, -0.2) is 53.6 Å². The molecule has 1 amide bonds. The van der Waals surface area contributed by atoms with Gasteiger partial charge in [0.2, 0.25) is 5.91 Å². The Kier molecular flexibility index (Phi) is 7.01. The normalized spacial score (nSPS) is 16.5. The van der Waals surface area contributed by atoms with Crippen LogP contribution in [0.4, 0.5) is 0 Å². The lowest BCUT2D eigenvalue weighted by Crippen LogP contribution is -2.32. The van der Waals surface area contributed by atoms with Crippen LogP contribution >= 0.6 is 23.1 Å². The lowest BCUT2D eigenvalue weighted by Gasteiger charge is -2.26. The molecule has 1 unspecified atom stereocenters. The summed E-state index contributed by atoms with van der Waals surface area (Å²) in [6.45, 7) is 4.62. The zero-order valence-electron chi connectivity index (χ0n) is 16.5. The van der Waals surface area contributed by atoms with Crippen LogP contribution in [0.25, 0.3) is 0 Å². The van der Waals surface area contributed by atoms with Crippen LogP contribution in [-0.2, 0) is 4.79 Å². The highest BCUT2D eigenvalue weighted by Gasteiger charge is 2.32. The summed E-state index contributed by atoms with van der Waals surface area (Å²) in [4.78, 5) is 14.8. The van der Waals surface area contributed by atoms with Crippen molar-refractivity contribution in [2.24, 2.45) is 0 Å². The number of hydrogen-bond acceptors (Lipinski definition) is 8. The quantitative estimate of drug-likeness (QED) is 0.598. The molecule has 7 nitrogen and oxygen atoms in total. The summed E-state index contributed by atoms with van der Waals surface area (Å²) in [5.41, 5.74) is 0.987. The number of carbonyl (C=O) groups is 1. The van der Waals surface area contributed by atoms with Gasteiger partial charge in [-0.3, -0.25) is 4.79 Å². The van der Waals surface area contributed by atoms with E-state index in [4.69, 9.17) is 14.2 Å². The Labute approximate surface area is 173 Å². The molecule has 0 saturated carbocycles. The first-order valence-electron chi connectivity index (χ1n) is 9.16. The minimum atomic E-state index is -0.00703. The second-order valence-corrected chi connectivity index (χ2v) is 8.80. The van der Waals surface area contributed by atoms with Crippen molar-refractivity contribution >= 4 is 29.0 Å². The Morgan fingerprint density at radius 2 is 2.14 bits per heavy atom. The first-order valence-corrected chi connectivity index (χ1v) is 11.0. The van der Waals surface area contributed by atoms with Crippen LogP contribution in [0.1, 0.15) is 38.3 Å². The number of rotatable bonds is 8. The fourth-order valence-corrected chi connectivity index (χ4v) is 4.89. The Morgan fingerprint density at radius 3 is 2.86 bits per heavy atom. The molecule has 0 N–H and O–H groups in total. The van der Waals surface area contributed by atoms with E-state index >= 15 is 0 Å². The number of ether oxygens (including phenoxy) is 3. The Balaban J connectivity index is 1.67. The second kappa shape index (κ2) is 9.47. The molecule has 2 aromatic rings. The third-order valence-corrected chi connectivity index (χ3v) is 6.34. The highest BCUT2D eigenvalue weighted by atomic mass is 32.2. The van der Waals surface area contributed by atoms with Gasteiger partial charge in [-0.05, 0) is 56.2 Å². The van der Waals surface area contributed by atoms with Gasteiger partial charge in [0.25, 0.3) is 5.19 Å². The number of hydrogen-bond donors (Lipinski definition) is 0. The van der Waals surface area contributed by atoms with Gasteiger partial charge in [0.1, 0.15) is 11.5 Å². The van der Waals surface area contributed by atoms with Gasteiger partial charge >= 0.3 is 0 Å². The lowest BCUT2D eigenvalue weighted by molar-refractivity contribution is -0.129. The smallest absolute Gasteiger partial charge is 0.295 e. The average molecular weight is 424 g/mol. The SMILES string of the molecule is COc1ccc(OC)c(C2CCCN2C(=O)CSc2nnc(OC(C)C)s2)c1. The van der Waals surface area contributed by atoms with Crippen molar-refractivity contribution in [3.63, 3.8) is 0 Å². The van der Waals surface area contributed by atoms with Crippen molar-refractivity contribution in [1.29, 1.82) is 0 Å². The standard InChI is InChI=1S/C19H25N3O4S2/c1-12(2)26-18-20-21-19(28-18)27-11-17(23)22-9-5-6-15(22)14-10-13(24-3)7-8-16(14)25-4/h7-8,10,12,15H,5-6,9,11H2,1-4H3. The van der Waals surface area contributed by atoms with Gasteiger partial charge in [0.15, 0.2) is 4.34 Å². The molecule has 1 aromatic carbocycles. The highest BCUT2D eigenvalue weighted by Crippen LogP contribution is 2.39. The molecule has 152 valence electrons. The van der Waals surface area contributed by atoms with Crippen molar-refractivity contribution < 1.29 is 19.0 Å². The highest BCUT2D eigenvalue weighted by molar-refractivity contribution is 8.01. The number of nitrogens with zero attached hydrogens (tertiary/aromatic N) is 3. The van der Waals surface area contributed by atoms with E-state index in [1.165, 1.54) is 23.1 Å². The van der Waals surface area contributed by atoms with Crippen LogP contribution in [0.15, 0.2) is 22.5 Å². The van der Waals surface area contributed by atoms with E-state index in [2.05, 4.69) is 10.2 Å². The molecule has 1 aliphatic rings. The largest absolute Gasteiger partial charge is 0.497 e. The van der Waals surface area contributed by atoms with Gasteiger partial charge in [-0.2, -0.15) is 0 Å². The summed E-state index contributed by atoms with van der Waals surface area (Å²) in [6, 6.07) is 5.71. The van der Waals surface area contributed by atoms with E-state index in [0.717, 1.165) is 40.8 Å². The van der Waals surface area contributed by atoms with E-state index in [1.54, 1.807) is 14.2 Å². The monoisotopic (exact) mass is 423 g/mol. The Hall–Kier alpha value is -2.00. The first kappa shape index (κ1) is 20.7. The molecule has 0 aliphatic carbocycles. The van der Waals surface area contributed by atoms with Gasteiger partial charge in [0.05, 0.1) is 32.1 Å². The fraction of sp³-hybridized carbons (Fsp3) is 0.526. The number of likely N-dealkylation sites (tertiary alicyclic amines) is 1. The van der Waals surface area contributed by atoms with Crippen LogP contribution in [0.2, 0.25) is 0 Å². The van der Waals surface area contributed by atoms with E-state index in [9.17, 15) is 4.79 Å². The van der Waals surface area contributed by atoms with Gasteiger partial charge in [0, 0.05) is 12.1 Å². The summed E-state index contributed by atoms with van der Waals surface area (Å²) >= 11 is 2.76. The summed E-state index contributed by atoms with van der Waals surface area (Å²) in [6.07, 6.45) is 1.92. The van der Waals surface area contributed by atoms with E-state index in [-0.39, 0.29) is 18.1 Å². The summed E-state index contributed by atoms with van der Waals surface area (Å²) in [7, 11) is 3.29. The molecular weight excluding hydrogens is 398 g/mol. The zero-order chi connectivity index (χ0) is 20.1. The van der Waals surface area contributed by atoms with Crippen molar-refractivity contribution in [3.8, 4) is 16.7 Å². The second-order valence-electron chi connectivity index (χ2n) is 6.64. The molecule has 1 atom stereocenters. The molecule has 9 heteroatoms. The summed E-state index contributed by atoms with van der Waals surface area (Å²) < 4.78 is 17.1. The zero-order valence-corrected chi connectivity index (χ0v) is 18.1. The van der Waals surface area contributed by atoms with Gasteiger partial charge in [-0.1, -0.05) is 16.9 Å². The van der Waals surface area contributed by atoms with Crippen molar-refractivity contribution in [2.75, 3.05) is 26.5 Å². The molecule has 0 bridgehead atoms. The van der Waals surface area contributed by atoms with Gasteiger partial charge < -0.3 is 19.1 Å². The van der Waals surface area contributed by atoms with Crippen LogP contribution in [0.3, 0.4) is 0 Å². The van der Waals surface area contributed by atoms with E-state index in [0.29, 0.717) is 10.9 Å². The Morgan fingerprint density at radius 1 is 1.32 bits per heavy atom. The summed E-state index contributed by atoms with van der Waals surface area (Å²) in [5, 5.41) is 8.63. The lowest BCUT2D eigenvalue weighted by atomic mass is 10.0. The molecule has 2 heterocycles. The fourth-order valence-electron chi connectivity index (χ4n) is 3.20. The molecule has 0 spiro atoms. The number of thioether (sulfide) groups is 1. The van der Waals surface area contributed by atoms with Crippen LogP contribution < -0.4 is 14.2 Å². The third kappa shape index (κ3) is 4.88. The minimum Gasteiger partial charge on any atom is -0.497 e. The maximum atomic E-state index is 12.9. The minimum absolute atomic E-state index is 0.00703. The molecule has 28 heavy (non-hydrogen) atoms. The van der Waals surface area contributed by atoms with E-state index < -0.39 is 0 Å². The Bertz CT molecular complexity index is 812. The maximum Gasteiger partial charge on any atom is 0.295 e. The topological polar surface area (TPSA) is 73.8 Å². The summed E-state index contributed by atoms with van der Waals surface area (Å²) in [5.74, 6) is 1.94. The van der Waals surface area contributed by atoms with Gasteiger partial charge in [-0.15, -0.1) is 5.10 Å². The van der Waals surface area contributed by atoms with Crippen molar-refractivity contribution in [1.82, 2.24) is 15.1 Å². The predicted molar refractivity (Wildman–Crippen MR) is 110 cm³/mol. The third-order valence-electron chi connectivity index (χ3n) is 4.41. The molecular formula is C19H25N3O4S2. The van der Waals surface area contributed by atoms with Crippen molar-refractivity contribution in [3.05, 3.63) is 23.8 Å². The number of amides is 1. The van der Waals surface area contributed by atoms with Crippen LogP contribution in [0, 0.1) is 0 Å². The molecule has 1 saturated heterocycles. The molecule has 0 radical (unpaired) electrons. The number of aromatic nitrogens is 2. The van der Waals surface area contributed by atoms with Crippen molar-refractivity contribution in [2.45, 2.75) is 43.2 Å². The predicted octanol–water partition coefficient (Wildman–Crippen LogP) is 3.80. The molecule has 3 rings (SSSR count). The first-order chi connectivity index (χ1) is 13.5. The maximum absolute atomic E-state index is 12.9. The molecule has 1 fully saturated rings. The number of methoxy groups -OCH3 is 2.